The van der Waals surface area contributed by atoms with Crippen LogP contribution in [0, 0.1) is 0 Å². The summed E-state index contributed by atoms with van der Waals surface area (Å²) in [4.78, 5) is 0. The van der Waals surface area contributed by atoms with Crippen molar-refractivity contribution in [1.29, 1.82) is 0 Å². The van der Waals surface area contributed by atoms with Crippen molar-refractivity contribution in [2.45, 2.75) is 13.8 Å². The summed E-state index contributed by atoms with van der Waals surface area (Å²) >= 11 is 0. The maximum absolute atomic E-state index is 5.62. The molecule has 0 aliphatic rings. The Morgan fingerprint density at radius 1 is 1.08 bits per heavy atom. The first-order chi connectivity index (χ1) is 6.27. The van der Waals surface area contributed by atoms with Crippen molar-refractivity contribution in [3.05, 3.63) is 18.2 Å². The van der Waals surface area contributed by atoms with Crippen LogP contribution >= 0.6 is 0 Å². The zero-order chi connectivity index (χ0) is 9.68. The standard InChI is InChI=1S/C10H13BO2/c1-3-12-9-6-5-8(11)7-10(9)13-4-2/h5-7H,3-4H2,1-2H3. The van der Waals surface area contributed by atoms with E-state index in [0.717, 1.165) is 5.75 Å². The van der Waals surface area contributed by atoms with Gasteiger partial charge in [0.25, 0.3) is 0 Å². The fourth-order valence-electron chi connectivity index (χ4n) is 1.07. The third-order valence-electron chi connectivity index (χ3n) is 1.57. The highest BCUT2D eigenvalue weighted by molar-refractivity contribution is 6.32. The molecule has 0 amide bonds. The smallest absolute Gasteiger partial charge is 0.161 e. The molecule has 0 atom stereocenters. The fraction of sp³-hybridized carbons (Fsp3) is 0.400. The van der Waals surface area contributed by atoms with Crippen LogP contribution in [0.5, 0.6) is 11.5 Å². The van der Waals surface area contributed by atoms with Gasteiger partial charge in [-0.2, -0.15) is 0 Å². The SMILES string of the molecule is [B]c1ccc(OCC)c(OCC)c1. The Balaban J connectivity index is 2.89. The molecule has 2 radical (unpaired) electrons. The largest absolute Gasteiger partial charge is 0.490 e. The Bertz CT molecular complexity index is 274. The third kappa shape index (κ3) is 2.69. The van der Waals surface area contributed by atoms with Crippen molar-refractivity contribution in [1.82, 2.24) is 0 Å². The molecule has 0 fully saturated rings. The Morgan fingerprint density at radius 2 is 1.69 bits per heavy atom. The van der Waals surface area contributed by atoms with E-state index in [1.807, 2.05) is 19.9 Å². The second kappa shape index (κ2) is 4.80. The molecule has 1 aromatic rings. The van der Waals surface area contributed by atoms with Crippen LogP contribution in [-0.4, -0.2) is 21.1 Å². The molecule has 0 aliphatic carbocycles. The first-order valence-corrected chi connectivity index (χ1v) is 4.43. The van der Waals surface area contributed by atoms with Gasteiger partial charge in [0.05, 0.1) is 13.2 Å². The minimum Gasteiger partial charge on any atom is -0.490 e. The van der Waals surface area contributed by atoms with Gasteiger partial charge in [0.1, 0.15) is 7.85 Å². The third-order valence-corrected chi connectivity index (χ3v) is 1.57. The summed E-state index contributed by atoms with van der Waals surface area (Å²) in [6, 6.07) is 5.39. The molecule has 0 aromatic heterocycles. The number of hydrogen-bond donors (Lipinski definition) is 0. The van der Waals surface area contributed by atoms with Crippen LogP contribution in [0.3, 0.4) is 0 Å². The van der Waals surface area contributed by atoms with Gasteiger partial charge in [-0.05, 0) is 26.0 Å². The van der Waals surface area contributed by atoms with Gasteiger partial charge in [-0.25, -0.2) is 0 Å². The molecule has 0 bridgehead atoms. The predicted molar refractivity (Wildman–Crippen MR) is 54.2 cm³/mol. The second-order valence-corrected chi connectivity index (χ2v) is 2.57. The van der Waals surface area contributed by atoms with E-state index in [2.05, 4.69) is 0 Å². The monoisotopic (exact) mass is 176 g/mol. The summed E-state index contributed by atoms with van der Waals surface area (Å²) in [5, 5.41) is 0. The van der Waals surface area contributed by atoms with Crippen LogP contribution in [0.1, 0.15) is 13.8 Å². The number of rotatable bonds is 4. The molecule has 0 unspecified atom stereocenters. The number of benzene rings is 1. The highest BCUT2D eigenvalue weighted by Gasteiger charge is 2.02. The van der Waals surface area contributed by atoms with Crippen molar-refractivity contribution >= 4 is 13.3 Å². The maximum Gasteiger partial charge on any atom is 0.161 e. The Labute approximate surface area is 80.3 Å². The summed E-state index contributed by atoms with van der Waals surface area (Å²) in [7, 11) is 5.62. The molecule has 1 rings (SSSR count). The lowest BCUT2D eigenvalue weighted by Crippen LogP contribution is -2.05. The molecule has 68 valence electrons. The summed E-state index contributed by atoms with van der Waals surface area (Å²) in [5.74, 6) is 1.46. The van der Waals surface area contributed by atoms with Crippen molar-refractivity contribution in [2.24, 2.45) is 0 Å². The van der Waals surface area contributed by atoms with Gasteiger partial charge in [0, 0.05) is 0 Å². The van der Waals surface area contributed by atoms with E-state index < -0.39 is 0 Å². The first-order valence-electron chi connectivity index (χ1n) is 4.43. The summed E-state index contributed by atoms with van der Waals surface area (Å²) in [6.45, 7) is 5.11. The minimum atomic E-state index is 0.615. The normalized spacial score (nSPS) is 9.69. The zero-order valence-corrected chi connectivity index (χ0v) is 8.04. The van der Waals surface area contributed by atoms with Crippen molar-refractivity contribution in [2.75, 3.05) is 13.2 Å². The topological polar surface area (TPSA) is 18.5 Å². The van der Waals surface area contributed by atoms with E-state index in [-0.39, 0.29) is 0 Å². The van der Waals surface area contributed by atoms with Gasteiger partial charge < -0.3 is 9.47 Å². The highest BCUT2D eigenvalue weighted by atomic mass is 16.5. The van der Waals surface area contributed by atoms with Gasteiger partial charge in [-0.3, -0.25) is 0 Å². The van der Waals surface area contributed by atoms with Gasteiger partial charge in [-0.15, -0.1) is 0 Å². The van der Waals surface area contributed by atoms with E-state index >= 15 is 0 Å². The molecular weight excluding hydrogens is 163 g/mol. The van der Waals surface area contributed by atoms with Crippen LogP contribution < -0.4 is 14.9 Å². The molecule has 0 saturated heterocycles. The molecule has 2 nitrogen and oxygen atoms in total. The van der Waals surface area contributed by atoms with E-state index in [4.69, 9.17) is 17.3 Å². The summed E-state index contributed by atoms with van der Waals surface area (Å²) in [6.07, 6.45) is 0. The van der Waals surface area contributed by atoms with Crippen LogP contribution in [0.2, 0.25) is 0 Å². The summed E-state index contributed by atoms with van der Waals surface area (Å²) < 4.78 is 10.7. The Morgan fingerprint density at radius 3 is 2.31 bits per heavy atom. The molecule has 13 heavy (non-hydrogen) atoms. The molecular formula is C10H13BO2. The van der Waals surface area contributed by atoms with Gasteiger partial charge in [0.15, 0.2) is 11.5 Å². The van der Waals surface area contributed by atoms with Crippen molar-refractivity contribution < 1.29 is 9.47 Å². The van der Waals surface area contributed by atoms with Crippen LogP contribution in [-0.2, 0) is 0 Å². The van der Waals surface area contributed by atoms with Crippen LogP contribution in [0.15, 0.2) is 18.2 Å². The van der Waals surface area contributed by atoms with E-state index in [9.17, 15) is 0 Å². The molecule has 0 heterocycles. The quantitative estimate of drug-likeness (QED) is 0.643. The predicted octanol–water partition coefficient (Wildman–Crippen LogP) is 1.28. The highest BCUT2D eigenvalue weighted by Crippen LogP contribution is 2.24. The Hall–Kier alpha value is -1.12. The molecule has 0 aliphatic heterocycles. The Kier molecular flexibility index (Phi) is 3.68. The lowest BCUT2D eigenvalue weighted by Gasteiger charge is -2.10. The van der Waals surface area contributed by atoms with E-state index in [1.54, 1.807) is 12.1 Å². The summed E-state index contributed by atoms with van der Waals surface area (Å²) in [5.41, 5.74) is 0.687. The van der Waals surface area contributed by atoms with Crippen LogP contribution in [0.4, 0.5) is 0 Å². The lowest BCUT2D eigenvalue weighted by atomic mass is 9.96. The minimum absolute atomic E-state index is 0.615. The number of hydrogen-bond acceptors (Lipinski definition) is 2. The van der Waals surface area contributed by atoms with Crippen LogP contribution in [0.25, 0.3) is 0 Å². The molecule has 0 N–H and O–H groups in total. The molecule has 1 aromatic carbocycles. The molecule has 0 spiro atoms. The maximum atomic E-state index is 5.62. The molecule has 3 heteroatoms. The molecule has 0 saturated carbocycles. The van der Waals surface area contributed by atoms with Crippen molar-refractivity contribution in [3.8, 4) is 11.5 Å². The van der Waals surface area contributed by atoms with E-state index in [1.165, 1.54) is 0 Å². The van der Waals surface area contributed by atoms with Gasteiger partial charge in [0.2, 0.25) is 0 Å². The number of ether oxygens (including phenoxy) is 2. The van der Waals surface area contributed by atoms with Crippen molar-refractivity contribution in [3.63, 3.8) is 0 Å². The second-order valence-electron chi connectivity index (χ2n) is 2.57. The lowest BCUT2D eigenvalue weighted by molar-refractivity contribution is 0.288. The average Bonchev–Trinajstić information content (AvgIpc) is 2.10. The van der Waals surface area contributed by atoms with Gasteiger partial charge >= 0.3 is 0 Å². The average molecular weight is 176 g/mol. The fourth-order valence-corrected chi connectivity index (χ4v) is 1.07. The zero-order valence-electron chi connectivity index (χ0n) is 8.04. The van der Waals surface area contributed by atoms with Gasteiger partial charge in [-0.1, -0.05) is 11.5 Å². The van der Waals surface area contributed by atoms with E-state index in [0.29, 0.717) is 24.4 Å². The first kappa shape index (κ1) is 9.97.